The average molecular weight is 461 g/mol. The van der Waals surface area contributed by atoms with Crippen LogP contribution in [0.15, 0.2) is 48.5 Å². The van der Waals surface area contributed by atoms with Crippen molar-refractivity contribution in [1.82, 2.24) is 9.80 Å². The van der Waals surface area contributed by atoms with Gasteiger partial charge in [0.1, 0.15) is 11.1 Å². The van der Waals surface area contributed by atoms with Gasteiger partial charge in [-0.3, -0.25) is 9.69 Å². The van der Waals surface area contributed by atoms with Gasteiger partial charge in [0.05, 0.1) is 29.8 Å². The molecule has 8 nitrogen and oxygen atoms in total. The Morgan fingerprint density at radius 3 is 1.97 bits per heavy atom. The third-order valence-electron chi connectivity index (χ3n) is 5.78. The first-order valence-corrected chi connectivity index (χ1v) is 11.0. The van der Waals surface area contributed by atoms with Gasteiger partial charge in [-0.25, -0.2) is 4.79 Å². The molecular weight excluding hydrogens is 432 g/mol. The molecule has 2 aromatic carbocycles. The van der Waals surface area contributed by atoms with Crippen LogP contribution < -0.4 is 0 Å². The van der Waals surface area contributed by atoms with Crippen LogP contribution in [0, 0.1) is 22.7 Å². The number of hydrogen-bond acceptors (Lipinski definition) is 6. The number of nitrogens with zero attached hydrogens (tertiary/aromatic N) is 4. The largest absolute Gasteiger partial charge is 0.480 e. The van der Waals surface area contributed by atoms with Crippen LogP contribution in [-0.4, -0.2) is 57.7 Å². The first kappa shape index (κ1) is 24.8. The summed E-state index contributed by atoms with van der Waals surface area (Å²) in [5, 5.41) is 28.6. The molecule has 1 unspecified atom stereocenters. The van der Waals surface area contributed by atoms with Crippen molar-refractivity contribution in [2.45, 2.75) is 44.9 Å². The predicted molar refractivity (Wildman–Crippen MR) is 125 cm³/mol. The van der Waals surface area contributed by atoms with E-state index in [0.29, 0.717) is 30.8 Å². The molecule has 1 aliphatic heterocycles. The van der Waals surface area contributed by atoms with E-state index in [0.717, 1.165) is 11.1 Å². The Kier molecular flexibility index (Phi) is 7.24. The number of rotatable bonds is 5. The molecular formula is C26H28N4O4. The van der Waals surface area contributed by atoms with Crippen LogP contribution in [0.3, 0.4) is 0 Å². The second kappa shape index (κ2) is 9.94. The smallest absolute Gasteiger partial charge is 0.410 e. The Morgan fingerprint density at radius 2 is 1.50 bits per heavy atom. The molecule has 0 spiro atoms. The van der Waals surface area contributed by atoms with Crippen molar-refractivity contribution in [1.29, 1.82) is 10.5 Å². The van der Waals surface area contributed by atoms with Crippen molar-refractivity contribution in [3.05, 3.63) is 70.8 Å². The van der Waals surface area contributed by atoms with Gasteiger partial charge in [-0.2, -0.15) is 10.5 Å². The van der Waals surface area contributed by atoms with Gasteiger partial charge in [-0.1, -0.05) is 24.3 Å². The molecule has 0 aromatic heterocycles. The monoisotopic (exact) mass is 460 g/mol. The summed E-state index contributed by atoms with van der Waals surface area (Å²) in [7, 11) is 0. The lowest BCUT2D eigenvalue weighted by Gasteiger charge is -2.48. The summed E-state index contributed by atoms with van der Waals surface area (Å²) >= 11 is 0. The number of carbonyl (C=O) groups is 2. The van der Waals surface area contributed by atoms with Gasteiger partial charge in [-0.05, 0) is 56.2 Å². The van der Waals surface area contributed by atoms with Gasteiger partial charge in [0, 0.05) is 26.1 Å². The lowest BCUT2D eigenvalue weighted by molar-refractivity contribution is -0.157. The maximum Gasteiger partial charge on any atom is 0.410 e. The van der Waals surface area contributed by atoms with E-state index >= 15 is 0 Å². The fourth-order valence-corrected chi connectivity index (χ4v) is 4.05. The summed E-state index contributed by atoms with van der Waals surface area (Å²) in [6.45, 7) is 6.27. The quantitative estimate of drug-likeness (QED) is 0.725. The van der Waals surface area contributed by atoms with E-state index in [1.54, 1.807) is 57.2 Å². The molecule has 34 heavy (non-hydrogen) atoms. The van der Waals surface area contributed by atoms with Crippen LogP contribution in [-0.2, 0) is 22.5 Å². The highest BCUT2D eigenvalue weighted by Crippen LogP contribution is 2.30. The number of hydrogen-bond donors (Lipinski definition) is 1. The van der Waals surface area contributed by atoms with Gasteiger partial charge in [0.25, 0.3) is 0 Å². The van der Waals surface area contributed by atoms with E-state index in [2.05, 4.69) is 12.1 Å². The van der Waals surface area contributed by atoms with Crippen molar-refractivity contribution >= 4 is 12.1 Å². The molecule has 176 valence electrons. The fourth-order valence-electron chi connectivity index (χ4n) is 4.05. The van der Waals surface area contributed by atoms with Gasteiger partial charge in [0.2, 0.25) is 0 Å². The zero-order valence-electron chi connectivity index (χ0n) is 19.6. The normalized spacial score (nSPS) is 18.6. The highest BCUT2D eigenvalue weighted by atomic mass is 16.6. The van der Waals surface area contributed by atoms with Crippen LogP contribution in [0.4, 0.5) is 4.79 Å². The first-order valence-electron chi connectivity index (χ1n) is 11.0. The van der Waals surface area contributed by atoms with Gasteiger partial charge in [0.15, 0.2) is 0 Å². The molecule has 1 saturated heterocycles. The van der Waals surface area contributed by atoms with E-state index < -0.39 is 23.2 Å². The van der Waals surface area contributed by atoms with Crippen molar-refractivity contribution in [2.24, 2.45) is 0 Å². The number of carboxylic acid groups (broad SMARTS) is 1. The van der Waals surface area contributed by atoms with Crippen LogP contribution in [0.25, 0.3) is 0 Å². The Balaban J connectivity index is 1.96. The van der Waals surface area contributed by atoms with Crippen LogP contribution >= 0.6 is 0 Å². The fraction of sp³-hybridized carbons (Fsp3) is 0.385. The molecule has 1 aliphatic rings. The summed E-state index contributed by atoms with van der Waals surface area (Å²) < 4.78 is 5.52. The third kappa shape index (κ3) is 5.72. The van der Waals surface area contributed by atoms with Crippen LogP contribution in [0.2, 0.25) is 0 Å². The maximum atomic E-state index is 12.8. The SMILES string of the molecule is CC(C)(C)OC(=O)N1CCN(Cc2ccc(C#N)cc2)C(Cc2ccc(C#N)cc2)(C(=O)O)C1. The lowest BCUT2D eigenvalue weighted by Crippen LogP contribution is -2.67. The summed E-state index contributed by atoms with van der Waals surface area (Å²) in [5.41, 5.74) is 0.530. The number of amides is 1. The van der Waals surface area contributed by atoms with Gasteiger partial charge in [-0.15, -0.1) is 0 Å². The first-order chi connectivity index (χ1) is 16.1. The highest BCUT2D eigenvalue weighted by Gasteiger charge is 2.49. The number of carboxylic acids is 1. The number of ether oxygens (including phenoxy) is 1. The molecule has 0 saturated carbocycles. The topological polar surface area (TPSA) is 118 Å². The summed E-state index contributed by atoms with van der Waals surface area (Å²) in [4.78, 5) is 29.0. The van der Waals surface area contributed by atoms with Crippen LogP contribution in [0.1, 0.15) is 43.0 Å². The van der Waals surface area contributed by atoms with Crippen molar-refractivity contribution in [3.63, 3.8) is 0 Å². The van der Waals surface area contributed by atoms with Crippen LogP contribution in [0.5, 0.6) is 0 Å². The summed E-state index contributed by atoms with van der Waals surface area (Å²) in [5.74, 6) is -1.04. The van der Waals surface area contributed by atoms with E-state index in [1.165, 1.54) is 4.90 Å². The lowest BCUT2D eigenvalue weighted by atomic mass is 9.85. The standard InChI is InChI=1S/C26H28N4O4/c1-25(2,3)34-24(33)29-12-13-30(17-22-10-8-21(16-28)9-11-22)26(18-29,23(31)32)14-19-4-6-20(15-27)7-5-19/h4-11H,12-14,17-18H2,1-3H3,(H,31,32). The van der Waals surface area contributed by atoms with Crippen molar-refractivity contribution in [3.8, 4) is 12.1 Å². The molecule has 1 amide bonds. The Bertz CT molecular complexity index is 1120. The second-order valence-electron chi connectivity index (χ2n) is 9.45. The molecule has 2 aromatic rings. The summed E-state index contributed by atoms with van der Waals surface area (Å²) in [6.07, 6.45) is -0.403. The minimum Gasteiger partial charge on any atom is -0.480 e. The molecule has 0 radical (unpaired) electrons. The summed E-state index contributed by atoms with van der Waals surface area (Å²) in [6, 6.07) is 18.0. The molecule has 8 heteroatoms. The Labute approximate surface area is 199 Å². The predicted octanol–water partition coefficient (Wildman–Crippen LogP) is 3.55. The zero-order valence-corrected chi connectivity index (χ0v) is 19.6. The number of nitriles is 2. The van der Waals surface area contributed by atoms with E-state index in [-0.39, 0.29) is 13.0 Å². The zero-order chi connectivity index (χ0) is 24.9. The number of piperazine rings is 1. The molecule has 1 N–H and O–H groups in total. The molecule has 3 rings (SSSR count). The molecule has 1 atom stereocenters. The van der Waals surface area contributed by atoms with Crippen molar-refractivity contribution in [2.75, 3.05) is 19.6 Å². The minimum atomic E-state index is -1.41. The average Bonchev–Trinajstić information content (AvgIpc) is 2.80. The molecule has 1 heterocycles. The van der Waals surface area contributed by atoms with E-state index in [4.69, 9.17) is 15.3 Å². The highest BCUT2D eigenvalue weighted by molar-refractivity contribution is 5.81. The van der Waals surface area contributed by atoms with E-state index in [9.17, 15) is 14.7 Å². The molecule has 0 bridgehead atoms. The van der Waals surface area contributed by atoms with Gasteiger partial charge >= 0.3 is 12.1 Å². The van der Waals surface area contributed by atoms with Crippen molar-refractivity contribution < 1.29 is 19.4 Å². The number of aliphatic carboxylic acids is 1. The Morgan fingerprint density at radius 1 is 0.971 bits per heavy atom. The maximum absolute atomic E-state index is 12.8. The molecule has 0 aliphatic carbocycles. The minimum absolute atomic E-state index is 0.0481. The van der Waals surface area contributed by atoms with E-state index in [1.807, 2.05) is 17.0 Å². The Hall–Kier alpha value is -3.88. The number of carbonyl (C=O) groups excluding carboxylic acids is 1. The molecule has 1 fully saturated rings. The van der Waals surface area contributed by atoms with Gasteiger partial charge < -0.3 is 14.7 Å². The second-order valence-corrected chi connectivity index (χ2v) is 9.45. The third-order valence-corrected chi connectivity index (χ3v) is 5.78. The number of benzene rings is 2.